The van der Waals surface area contributed by atoms with Crippen molar-refractivity contribution in [2.24, 2.45) is 5.92 Å². The number of amides is 3. The van der Waals surface area contributed by atoms with Crippen molar-refractivity contribution < 1.29 is 9.59 Å². The molecule has 0 saturated heterocycles. The van der Waals surface area contributed by atoms with Crippen LogP contribution < -0.4 is 16.2 Å². The Hall–Kier alpha value is -1.87. The molecule has 7 nitrogen and oxygen atoms in total. The molecular weight excluding hydrogens is 408 g/mol. The van der Waals surface area contributed by atoms with E-state index in [2.05, 4.69) is 36.4 Å². The highest BCUT2D eigenvalue weighted by atomic mass is 32.2. The van der Waals surface area contributed by atoms with Gasteiger partial charge < -0.3 is 5.32 Å². The van der Waals surface area contributed by atoms with Crippen LogP contribution in [0.5, 0.6) is 0 Å². The number of thioether (sulfide) groups is 1. The van der Waals surface area contributed by atoms with E-state index in [1.54, 1.807) is 4.57 Å². The summed E-state index contributed by atoms with van der Waals surface area (Å²) < 4.78 is 1.66. The van der Waals surface area contributed by atoms with Gasteiger partial charge in [-0.2, -0.15) is 0 Å². The van der Waals surface area contributed by atoms with Gasteiger partial charge in [0.25, 0.3) is 5.56 Å². The lowest BCUT2D eigenvalue weighted by atomic mass is 10.1. The van der Waals surface area contributed by atoms with Gasteiger partial charge in [0.15, 0.2) is 5.16 Å². The van der Waals surface area contributed by atoms with Crippen molar-refractivity contribution >= 4 is 45.3 Å². The van der Waals surface area contributed by atoms with Crippen LogP contribution in [0, 0.1) is 19.8 Å². The van der Waals surface area contributed by atoms with E-state index in [0.29, 0.717) is 34.4 Å². The average Bonchev–Trinajstić information content (AvgIpc) is 2.93. The molecule has 29 heavy (non-hydrogen) atoms. The molecule has 0 radical (unpaired) electrons. The number of urea groups is 1. The van der Waals surface area contributed by atoms with Gasteiger partial charge in [-0.1, -0.05) is 39.0 Å². The highest BCUT2D eigenvalue weighted by Gasteiger charge is 2.18. The molecule has 2 aromatic rings. The van der Waals surface area contributed by atoms with E-state index < -0.39 is 11.9 Å². The minimum absolute atomic E-state index is 0.0189. The molecule has 0 aromatic carbocycles. The summed E-state index contributed by atoms with van der Waals surface area (Å²) in [6.07, 6.45) is 2.66. The fourth-order valence-electron chi connectivity index (χ4n) is 2.74. The second-order valence-corrected chi connectivity index (χ2v) is 9.59. The zero-order valence-corrected chi connectivity index (χ0v) is 19.4. The molecule has 2 heterocycles. The van der Waals surface area contributed by atoms with Crippen LogP contribution in [0.25, 0.3) is 10.2 Å². The number of hydrogen-bond acceptors (Lipinski definition) is 6. The quantitative estimate of drug-likeness (QED) is 0.458. The highest BCUT2D eigenvalue weighted by Crippen LogP contribution is 2.28. The first-order valence-electron chi connectivity index (χ1n) is 9.95. The number of aromatic nitrogens is 2. The van der Waals surface area contributed by atoms with Crippen LogP contribution in [0.3, 0.4) is 0 Å². The molecule has 2 N–H and O–H groups in total. The fourth-order valence-corrected chi connectivity index (χ4v) is 4.64. The SMILES string of the molecule is CCCCn1c(SCC(=O)NC(=O)NCCC(C)C)nc2sc(C)c(C)c2c1=O. The molecule has 9 heteroatoms. The molecule has 0 fully saturated rings. The lowest BCUT2D eigenvalue weighted by Gasteiger charge is -2.12. The zero-order valence-electron chi connectivity index (χ0n) is 17.8. The molecule has 0 aliphatic rings. The van der Waals surface area contributed by atoms with Crippen LogP contribution in [0.4, 0.5) is 4.79 Å². The number of fused-ring (bicyclic) bond motifs is 1. The second-order valence-electron chi connectivity index (χ2n) is 7.44. The van der Waals surface area contributed by atoms with E-state index in [4.69, 9.17) is 0 Å². The maximum absolute atomic E-state index is 13.0. The van der Waals surface area contributed by atoms with Crippen LogP contribution in [0.1, 0.15) is 50.5 Å². The second kappa shape index (κ2) is 10.8. The number of thiophene rings is 1. The third kappa shape index (κ3) is 6.30. The lowest BCUT2D eigenvalue weighted by molar-refractivity contribution is -0.117. The number of nitrogens with zero attached hydrogens (tertiary/aromatic N) is 2. The summed E-state index contributed by atoms with van der Waals surface area (Å²) in [4.78, 5) is 43.4. The summed E-state index contributed by atoms with van der Waals surface area (Å²) in [7, 11) is 0. The predicted molar refractivity (Wildman–Crippen MR) is 120 cm³/mol. The molecule has 0 aliphatic carbocycles. The Balaban J connectivity index is 2.11. The van der Waals surface area contributed by atoms with Crippen LogP contribution in [-0.2, 0) is 11.3 Å². The Labute approximate surface area is 179 Å². The summed E-state index contributed by atoms with van der Waals surface area (Å²) >= 11 is 2.68. The number of carbonyl (C=O) groups excluding carboxylic acids is 2. The lowest BCUT2D eigenvalue weighted by Crippen LogP contribution is -2.41. The molecule has 0 bridgehead atoms. The Kier molecular flexibility index (Phi) is 8.70. The predicted octanol–water partition coefficient (Wildman–Crippen LogP) is 3.84. The first-order chi connectivity index (χ1) is 13.7. The maximum atomic E-state index is 13.0. The van der Waals surface area contributed by atoms with E-state index in [1.807, 2.05) is 13.8 Å². The Morgan fingerprint density at radius 3 is 2.66 bits per heavy atom. The summed E-state index contributed by atoms with van der Waals surface area (Å²) in [5.74, 6) is 0.0873. The van der Waals surface area contributed by atoms with Gasteiger partial charge in [0.05, 0.1) is 11.1 Å². The van der Waals surface area contributed by atoms with Crippen molar-refractivity contribution in [2.75, 3.05) is 12.3 Å². The van der Waals surface area contributed by atoms with Crippen molar-refractivity contribution in [3.8, 4) is 0 Å². The highest BCUT2D eigenvalue weighted by molar-refractivity contribution is 7.99. The van der Waals surface area contributed by atoms with Gasteiger partial charge in [0.2, 0.25) is 5.91 Å². The molecule has 160 valence electrons. The van der Waals surface area contributed by atoms with Crippen LogP contribution in [0.15, 0.2) is 9.95 Å². The normalized spacial score (nSPS) is 11.2. The van der Waals surface area contributed by atoms with Gasteiger partial charge in [-0.25, -0.2) is 9.78 Å². The molecule has 2 aromatic heterocycles. The topological polar surface area (TPSA) is 93.1 Å². The smallest absolute Gasteiger partial charge is 0.321 e. The minimum atomic E-state index is -0.493. The largest absolute Gasteiger partial charge is 0.338 e. The van der Waals surface area contributed by atoms with Crippen molar-refractivity contribution in [1.82, 2.24) is 20.2 Å². The van der Waals surface area contributed by atoms with E-state index in [-0.39, 0.29) is 11.3 Å². The number of hydrogen-bond donors (Lipinski definition) is 2. The third-order valence-electron chi connectivity index (χ3n) is 4.58. The summed E-state index contributed by atoms with van der Waals surface area (Å²) in [6, 6.07) is -0.493. The van der Waals surface area contributed by atoms with Crippen molar-refractivity contribution in [1.29, 1.82) is 0 Å². The molecular formula is C20H30N4O3S2. The molecule has 3 amide bonds. The molecule has 0 spiro atoms. The van der Waals surface area contributed by atoms with E-state index in [1.165, 1.54) is 23.1 Å². The van der Waals surface area contributed by atoms with Gasteiger partial charge in [-0.05, 0) is 38.2 Å². The third-order valence-corrected chi connectivity index (χ3v) is 6.66. The maximum Gasteiger partial charge on any atom is 0.321 e. The monoisotopic (exact) mass is 438 g/mol. The number of carbonyl (C=O) groups is 2. The van der Waals surface area contributed by atoms with Gasteiger partial charge in [0.1, 0.15) is 4.83 Å². The number of nitrogens with one attached hydrogen (secondary N) is 2. The molecule has 0 saturated carbocycles. The molecule has 2 rings (SSSR count). The molecule has 0 atom stereocenters. The number of imide groups is 1. The van der Waals surface area contributed by atoms with E-state index in [9.17, 15) is 14.4 Å². The number of aryl methyl sites for hydroxylation is 2. The summed E-state index contributed by atoms with van der Waals surface area (Å²) in [5.41, 5.74) is 0.916. The van der Waals surface area contributed by atoms with Crippen LogP contribution >= 0.6 is 23.1 Å². The van der Waals surface area contributed by atoms with Gasteiger partial charge >= 0.3 is 6.03 Å². The molecule has 0 unspecified atom stereocenters. The first-order valence-corrected chi connectivity index (χ1v) is 11.8. The van der Waals surface area contributed by atoms with Crippen molar-refractivity contribution in [3.05, 3.63) is 20.8 Å². The zero-order chi connectivity index (χ0) is 21.6. The summed E-state index contributed by atoms with van der Waals surface area (Å²) in [6.45, 7) is 11.2. The Bertz CT molecular complexity index is 934. The van der Waals surface area contributed by atoms with E-state index >= 15 is 0 Å². The molecule has 0 aliphatic heterocycles. The number of unbranched alkanes of at least 4 members (excludes halogenated alkanes) is 1. The van der Waals surface area contributed by atoms with Crippen LogP contribution in [-0.4, -0.2) is 33.8 Å². The fraction of sp³-hybridized carbons (Fsp3) is 0.600. The first kappa shape index (κ1) is 23.4. The van der Waals surface area contributed by atoms with Crippen molar-refractivity contribution in [3.63, 3.8) is 0 Å². The Morgan fingerprint density at radius 1 is 1.28 bits per heavy atom. The van der Waals surface area contributed by atoms with Crippen LogP contribution in [0.2, 0.25) is 0 Å². The van der Waals surface area contributed by atoms with E-state index in [0.717, 1.165) is 29.7 Å². The van der Waals surface area contributed by atoms with Crippen molar-refractivity contribution in [2.45, 2.75) is 65.6 Å². The number of rotatable bonds is 9. The van der Waals surface area contributed by atoms with Gasteiger partial charge in [-0.3, -0.25) is 19.5 Å². The average molecular weight is 439 g/mol. The summed E-state index contributed by atoms with van der Waals surface area (Å²) in [5, 5.41) is 6.19. The minimum Gasteiger partial charge on any atom is -0.338 e. The standard InChI is InChI=1S/C20H30N4O3S2/c1-6-7-10-24-18(26)16-13(4)14(5)29-17(16)23-20(24)28-11-15(25)22-19(27)21-9-8-12(2)3/h12H,6-11H2,1-5H3,(H2,21,22,25,27). The van der Waals surface area contributed by atoms with Gasteiger partial charge in [-0.15, -0.1) is 11.3 Å². The van der Waals surface area contributed by atoms with Gasteiger partial charge in [0, 0.05) is 18.0 Å². The Morgan fingerprint density at radius 2 is 2.00 bits per heavy atom.